The summed E-state index contributed by atoms with van der Waals surface area (Å²) in [7, 11) is 1.49. The van der Waals surface area contributed by atoms with Crippen LogP contribution in [-0.2, 0) is 4.74 Å². The van der Waals surface area contributed by atoms with Crippen molar-refractivity contribution in [2.24, 2.45) is 0 Å². The number of aliphatic hydroxyl groups excluding tert-OH is 1. The summed E-state index contributed by atoms with van der Waals surface area (Å²) >= 11 is 0. The summed E-state index contributed by atoms with van der Waals surface area (Å²) in [5.41, 5.74) is 0.909. The molecule has 0 radical (unpaired) electrons. The van der Waals surface area contributed by atoms with E-state index in [0.29, 0.717) is 6.42 Å². The summed E-state index contributed by atoms with van der Waals surface area (Å²) in [6.45, 7) is 2.27. The summed E-state index contributed by atoms with van der Waals surface area (Å²) in [5, 5.41) is 14.3. The average Bonchev–Trinajstić information content (AvgIpc) is 2.33. The summed E-state index contributed by atoms with van der Waals surface area (Å²) in [6, 6.07) is 4.05. The second kappa shape index (κ2) is 7.70. The van der Waals surface area contributed by atoms with Crippen molar-refractivity contribution in [3.8, 4) is 0 Å². The first-order valence-electron chi connectivity index (χ1n) is 6.01. The second-order valence-electron chi connectivity index (χ2n) is 4.26. The Morgan fingerprint density at radius 1 is 1.53 bits per heavy atom. The third-order valence-electron chi connectivity index (χ3n) is 2.49. The molecule has 1 atom stereocenters. The molecule has 1 unspecified atom stereocenters. The first-order chi connectivity index (χ1) is 9.02. The highest BCUT2D eigenvalue weighted by Gasteiger charge is 2.08. The molecule has 1 aromatic carbocycles. The van der Waals surface area contributed by atoms with E-state index < -0.39 is 18.0 Å². The number of carbonyl (C=O) groups is 1. The predicted octanol–water partition coefficient (Wildman–Crippen LogP) is 1.65. The molecule has 19 heavy (non-hydrogen) atoms. The highest BCUT2D eigenvalue weighted by Crippen LogP contribution is 2.14. The van der Waals surface area contributed by atoms with Gasteiger partial charge in [0.1, 0.15) is 5.82 Å². The molecule has 1 aromatic rings. The van der Waals surface area contributed by atoms with Crippen LogP contribution in [0, 0.1) is 12.7 Å². The van der Waals surface area contributed by atoms with Crippen molar-refractivity contribution >= 4 is 11.7 Å². The molecule has 0 heterocycles. The van der Waals surface area contributed by atoms with E-state index in [1.165, 1.54) is 19.2 Å². The number of benzene rings is 1. The Labute approximate surface area is 111 Å². The second-order valence-corrected chi connectivity index (χ2v) is 4.26. The van der Waals surface area contributed by atoms with Crippen LogP contribution in [-0.4, -0.2) is 37.5 Å². The lowest BCUT2D eigenvalue weighted by molar-refractivity contribution is 0.0599. The SMILES string of the molecule is COCC(O)CCNC(=O)Nc1ccc(C)cc1F. The molecule has 0 aliphatic heterocycles. The monoisotopic (exact) mass is 270 g/mol. The Bertz CT molecular complexity index is 426. The van der Waals surface area contributed by atoms with Crippen molar-refractivity contribution in [3.05, 3.63) is 29.6 Å². The van der Waals surface area contributed by atoms with Crippen LogP contribution in [0.3, 0.4) is 0 Å². The third-order valence-corrected chi connectivity index (χ3v) is 2.49. The molecule has 6 heteroatoms. The topological polar surface area (TPSA) is 70.6 Å². The lowest BCUT2D eigenvalue weighted by Gasteiger charge is -2.11. The number of carbonyl (C=O) groups excluding carboxylic acids is 1. The Balaban J connectivity index is 2.35. The van der Waals surface area contributed by atoms with Crippen molar-refractivity contribution in [2.75, 3.05) is 25.6 Å². The van der Waals surface area contributed by atoms with Crippen LogP contribution in [0.1, 0.15) is 12.0 Å². The van der Waals surface area contributed by atoms with Gasteiger partial charge in [0.15, 0.2) is 0 Å². The summed E-state index contributed by atoms with van der Waals surface area (Å²) in [4.78, 5) is 11.5. The molecule has 2 amide bonds. The van der Waals surface area contributed by atoms with Gasteiger partial charge >= 0.3 is 6.03 Å². The van der Waals surface area contributed by atoms with Crippen molar-refractivity contribution in [2.45, 2.75) is 19.4 Å². The number of anilines is 1. The van der Waals surface area contributed by atoms with E-state index in [1.54, 1.807) is 13.0 Å². The average molecular weight is 270 g/mol. The van der Waals surface area contributed by atoms with Crippen LogP contribution in [0.4, 0.5) is 14.9 Å². The predicted molar refractivity (Wildman–Crippen MR) is 70.7 cm³/mol. The normalized spacial score (nSPS) is 12.0. The zero-order valence-corrected chi connectivity index (χ0v) is 11.1. The van der Waals surface area contributed by atoms with Crippen LogP contribution in [0.2, 0.25) is 0 Å². The zero-order valence-electron chi connectivity index (χ0n) is 11.1. The van der Waals surface area contributed by atoms with Crippen LogP contribution in [0.5, 0.6) is 0 Å². The maximum Gasteiger partial charge on any atom is 0.319 e. The van der Waals surface area contributed by atoms with E-state index in [9.17, 15) is 14.3 Å². The Kier molecular flexibility index (Phi) is 6.24. The molecular formula is C13H19FN2O3. The standard InChI is InChI=1S/C13H19FN2O3/c1-9-3-4-12(11(14)7-9)16-13(18)15-6-5-10(17)8-19-2/h3-4,7,10,17H,5-6,8H2,1-2H3,(H2,15,16,18). The minimum atomic E-state index is -0.624. The Morgan fingerprint density at radius 2 is 2.26 bits per heavy atom. The van der Waals surface area contributed by atoms with Gasteiger partial charge in [0.05, 0.1) is 18.4 Å². The molecule has 1 rings (SSSR count). The molecule has 0 spiro atoms. The van der Waals surface area contributed by atoms with Crippen LogP contribution < -0.4 is 10.6 Å². The van der Waals surface area contributed by atoms with Crippen LogP contribution >= 0.6 is 0 Å². The van der Waals surface area contributed by atoms with Gasteiger partial charge in [0, 0.05) is 13.7 Å². The van der Waals surface area contributed by atoms with Gasteiger partial charge in [-0.15, -0.1) is 0 Å². The van der Waals surface area contributed by atoms with E-state index in [2.05, 4.69) is 10.6 Å². The number of nitrogens with one attached hydrogen (secondary N) is 2. The van der Waals surface area contributed by atoms with Crippen molar-refractivity contribution < 1.29 is 19.0 Å². The Hall–Kier alpha value is -1.66. The van der Waals surface area contributed by atoms with Gasteiger partial charge in [-0.1, -0.05) is 6.07 Å². The Morgan fingerprint density at radius 3 is 2.89 bits per heavy atom. The van der Waals surface area contributed by atoms with Gasteiger partial charge in [-0.05, 0) is 31.0 Å². The molecule has 0 saturated carbocycles. The van der Waals surface area contributed by atoms with Gasteiger partial charge in [-0.3, -0.25) is 0 Å². The molecule has 3 N–H and O–H groups in total. The number of methoxy groups -OCH3 is 1. The third kappa shape index (κ3) is 5.67. The van der Waals surface area contributed by atoms with E-state index in [1.807, 2.05) is 0 Å². The van der Waals surface area contributed by atoms with E-state index in [-0.39, 0.29) is 18.8 Å². The zero-order chi connectivity index (χ0) is 14.3. The molecule has 0 bridgehead atoms. The highest BCUT2D eigenvalue weighted by molar-refractivity contribution is 5.89. The van der Waals surface area contributed by atoms with E-state index in [0.717, 1.165) is 5.56 Å². The number of aliphatic hydroxyl groups is 1. The molecule has 106 valence electrons. The van der Waals surface area contributed by atoms with E-state index >= 15 is 0 Å². The first-order valence-corrected chi connectivity index (χ1v) is 6.01. The van der Waals surface area contributed by atoms with Crippen LogP contribution in [0.25, 0.3) is 0 Å². The molecule has 5 nitrogen and oxygen atoms in total. The maximum absolute atomic E-state index is 13.5. The van der Waals surface area contributed by atoms with Crippen molar-refractivity contribution in [3.63, 3.8) is 0 Å². The fourth-order valence-electron chi connectivity index (χ4n) is 1.52. The lowest BCUT2D eigenvalue weighted by Crippen LogP contribution is -2.32. The fraction of sp³-hybridized carbons (Fsp3) is 0.462. The van der Waals surface area contributed by atoms with E-state index in [4.69, 9.17) is 4.74 Å². The number of hydrogen-bond donors (Lipinski definition) is 3. The van der Waals surface area contributed by atoms with Gasteiger partial charge in [-0.25, -0.2) is 9.18 Å². The molecular weight excluding hydrogens is 251 g/mol. The number of ether oxygens (including phenoxy) is 1. The number of amides is 2. The fourth-order valence-corrected chi connectivity index (χ4v) is 1.52. The van der Waals surface area contributed by atoms with Crippen LogP contribution in [0.15, 0.2) is 18.2 Å². The summed E-state index contributed by atoms with van der Waals surface area (Å²) in [6.07, 6.45) is -0.251. The largest absolute Gasteiger partial charge is 0.391 e. The molecule has 0 fully saturated rings. The number of hydrogen-bond acceptors (Lipinski definition) is 3. The van der Waals surface area contributed by atoms with Crippen molar-refractivity contribution in [1.82, 2.24) is 5.32 Å². The molecule has 0 aliphatic carbocycles. The number of aryl methyl sites for hydroxylation is 1. The number of urea groups is 1. The van der Waals surface area contributed by atoms with Gasteiger partial charge in [0.2, 0.25) is 0 Å². The summed E-state index contributed by atoms with van der Waals surface area (Å²) < 4.78 is 18.2. The number of rotatable bonds is 6. The van der Waals surface area contributed by atoms with Crippen molar-refractivity contribution in [1.29, 1.82) is 0 Å². The molecule has 0 saturated heterocycles. The van der Waals surface area contributed by atoms with Gasteiger partial charge in [-0.2, -0.15) is 0 Å². The minimum Gasteiger partial charge on any atom is -0.391 e. The maximum atomic E-state index is 13.5. The summed E-state index contributed by atoms with van der Waals surface area (Å²) in [5.74, 6) is -0.477. The molecule has 0 aromatic heterocycles. The van der Waals surface area contributed by atoms with Gasteiger partial charge < -0.3 is 20.5 Å². The molecule has 0 aliphatic rings. The number of halogens is 1. The quantitative estimate of drug-likeness (QED) is 0.736. The smallest absolute Gasteiger partial charge is 0.319 e. The minimum absolute atomic E-state index is 0.125. The highest BCUT2D eigenvalue weighted by atomic mass is 19.1. The lowest BCUT2D eigenvalue weighted by atomic mass is 10.2. The van der Waals surface area contributed by atoms with Gasteiger partial charge in [0.25, 0.3) is 0 Å². The first kappa shape index (κ1) is 15.4.